The van der Waals surface area contributed by atoms with E-state index in [1.807, 2.05) is 13.0 Å². The topological polar surface area (TPSA) is 20.2 Å². The Hall–Kier alpha value is -1.15. The Bertz CT molecular complexity index is 320. The van der Waals surface area contributed by atoms with Crippen LogP contribution in [0.3, 0.4) is 0 Å². The summed E-state index contributed by atoms with van der Waals surface area (Å²) in [5.74, 6) is -0.259. The summed E-state index contributed by atoms with van der Waals surface area (Å²) in [4.78, 5) is 0. The lowest BCUT2D eigenvalue weighted by molar-refractivity contribution is 0.175. The first-order chi connectivity index (χ1) is 6.58. The lowest BCUT2D eigenvalue weighted by Gasteiger charge is -2.10. The van der Waals surface area contributed by atoms with E-state index in [2.05, 4.69) is 6.58 Å². The first-order valence-electron chi connectivity index (χ1n) is 4.65. The molecule has 0 radical (unpaired) electrons. The molecule has 0 fully saturated rings. The third kappa shape index (κ3) is 3.71. The molecule has 14 heavy (non-hydrogen) atoms. The van der Waals surface area contributed by atoms with Crippen LogP contribution in [0.15, 0.2) is 36.4 Å². The Morgan fingerprint density at radius 1 is 1.57 bits per heavy atom. The van der Waals surface area contributed by atoms with E-state index in [0.29, 0.717) is 12.8 Å². The van der Waals surface area contributed by atoms with Crippen LogP contribution in [0.4, 0.5) is 4.39 Å². The molecular formula is C12H15FO. The number of aliphatic hydroxyl groups is 1. The number of hydrogen-bond donors (Lipinski definition) is 1. The van der Waals surface area contributed by atoms with Crippen LogP contribution in [-0.2, 0) is 6.42 Å². The zero-order valence-corrected chi connectivity index (χ0v) is 8.33. The minimum absolute atomic E-state index is 0.259. The van der Waals surface area contributed by atoms with Crippen molar-refractivity contribution in [1.82, 2.24) is 0 Å². The van der Waals surface area contributed by atoms with Gasteiger partial charge in [0.05, 0.1) is 6.10 Å². The molecule has 1 N–H and O–H groups in total. The highest BCUT2D eigenvalue weighted by Crippen LogP contribution is 2.10. The van der Waals surface area contributed by atoms with E-state index in [1.165, 1.54) is 12.1 Å². The van der Waals surface area contributed by atoms with Crippen molar-refractivity contribution in [2.24, 2.45) is 0 Å². The van der Waals surface area contributed by atoms with Crippen molar-refractivity contribution in [1.29, 1.82) is 0 Å². The zero-order chi connectivity index (χ0) is 10.6. The van der Waals surface area contributed by atoms with Crippen LogP contribution in [0.25, 0.3) is 0 Å². The molecule has 0 aromatic heterocycles. The van der Waals surface area contributed by atoms with Crippen molar-refractivity contribution in [3.05, 3.63) is 47.8 Å². The molecule has 76 valence electrons. The summed E-state index contributed by atoms with van der Waals surface area (Å²) in [5.41, 5.74) is 1.76. The van der Waals surface area contributed by atoms with E-state index in [-0.39, 0.29) is 5.82 Å². The fraction of sp³-hybridized carbons (Fsp3) is 0.333. The summed E-state index contributed by atoms with van der Waals surface area (Å²) < 4.78 is 12.8. The van der Waals surface area contributed by atoms with Gasteiger partial charge in [-0.15, -0.1) is 6.58 Å². The van der Waals surface area contributed by atoms with Gasteiger partial charge < -0.3 is 5.11 Å². The van der Waals surface area contributed by atoms with Gasteiger partial charge in [-0.2, -0.15) is 0 Å². The average Bonchev–Trinajstić information content (AvgIpc) is 2.01. The normalized spacial score (nSPS) is 12.5. The van der Waals surface area contributed by atoms with Crippen LogP contribution < -0.4 is 0 Å². The third-order valence-electron chi connectivity index (χ3n) is 1.94. The Kier molecular flexibility index (Phi) is 3.84. The van der Waals surface area contributed by atoms with Crippen molar-refractivity contribution < 1.29 is 9.50 Å². The molecule has 0 bridgehead atoms. The van der Waals surface area contributed by atoms with Gasteiger partial charge in [-0.3, -0.25) is 0 Å². The van der Waals surface area contributed by atoms with E-state index < -0.39 is 6.10 Å². The molecular weight excluding hydrogens is 179 g/mol. The quantitative estimate of drug-likeness (QED) is 0.731. The fourth-order valence-corrected chi connectivity index (χ4v) is 1.41. The highest BCUT2D eigenvalue weighted by Gasteiger charge is 2.05. The van der Waals surface area contributed by atoms with Crippen LogP contribution in [-0.4, -0.2) is 11.2 Å². The van der Waals surface area contributed by atoms with Crippen molar-refractivity contribution in [2.75, 3.05) is 0 Å². The van der Waals surface area contributed by atoms with Gasteiger partial charge in [0.25, 0.3) is 0 Å². The first kappa shape index (κ1) is 10.9. The molecule has 1 unspecified atom stereocenters. The number of halogens is 1. The van der Waals surface area contributed by atoms with Crippen molar-refractivity contribution in [3.63, 3.8) is 0 Å². The summed E-state index contributed by atoms with van der Waals surface area (Å²) in [6, 6.07) is 6.30. The second-order valence-electron chi connectivity index (χ2n) is 3.65. The van der Waals surface area contributed by atoms with Gasteiger partial charge in [-0.1, -0.05) is 17.7 Å². The lowest BCUT2D eigenvalue weighted by Crippen LogP contribution is -2.10. The number of aliphatic hydroxyl groups excluding tert-OH is 1. The SMILES string of the molecule is C=C(C)CC(O)Cc1cccc(F)c1. The predicted octanol–water partition coefficient (Wildman–Crippen LogP) is 2.70. The van der Waals surface area contributed by atoms with Gasteiger partial charge in [0.1, 0.15) is 5.82 Å². The summed E-state index contributed by atoms with van der Waals surface area (Å²) in [7, 11) is 0. The number of hydrogen-bond acceptors (Lipinski definition) is 1. The summed E-state index contributed by atoms with van der Waals surface area (Å²) in [6.45, 7) is 5.59. The molecule has 1 aromatic rings. The summed E-state index contributed by atoms with van der Waals surface area (Å²) in [6.07, 6.45) is 0.579. The Balaban J connectivity index is 2.55. The largest absolute Gasteiger partial charge is 0.392 e. The maximum absolute atomic E-state index is 12.8. The minimum atomic E-state index is -0.464. The highest BCUT2D eigenvalue weighted by atomic mass is 19.1. The van der Waals surface area contributed by atoms with E-state index >= 15 is 0 Å². The van der Waals surface area contributed by atoms with Gasteiger partial charge in [0.15, 0.2) is 0 Å². The fourth-order valence-electron chi connectivity index (χ4n) is 1.41. The standard InChI is InChI=1S/C12H15FO/c1-9(2)6-12(14)8-10-4-3-5-11(13)7-10/h3-5,7,12,14H,1,6,8H2,2H3. The molecule has 0 aliphatic rings. The maximum atomic E-state index is 12.8. The van der Waals surface area contributed by atoms with Crippen molar-refractivity contribution >= 4 is 0 Å². The molecule has 1 rings (SSSR count). The summed E-state index contributed by atoms with van der Waals surface area (Å²) in [5, 5.41) is 9.58. The predicted molar refractivity (Wildman–Crippen MR) is 55.5 cm³/mol. The van der Waals surface area contributed by atoms with E-state index in [4.69, 9.17) is 0 Å². The van der Waals surface area contributed by atoms with Gasteiger partial charge in [0.2, 0.25) is 0 Å². The molecule has 0 amide bonds. The molecule has 0 spiro atoms. The number of benzene rings is 1. The molecule has 0 saturated carbocycles. The van der Waals surface area contributed by atoms with Crippen LogP contribution in [0.5, 0.6) is 0 Å². The van der Waals surface area contributed by atoms with Crippen molar-refractivity contribution in [3.8, 4) is 0 Å². The second kappa shape index (κ2) is 4.91. The molecule has 0 heterocycles. The molecule has 0 aliphatic carbocycles. The molecule has 0 saturated heterocycles. The van der Waals surface area contributed by atoms with Crippen LogP contribution >= 0.6 is 0 Å². The second-order valence-corrected chi connectivity index (χ2v) is 3.65. The zero-order valence-electron chi connectivity index (χ0n) is 8.33. The molecule has 1 aromatic carbocycles. The number of rotatable bonds is 4. The Morgan fingerprint density at radius 3 is 2.86 bits per heavy atom. The maximum Gasteiger partial charge on any atom is 0.123 e. The van der Waals surface area contributed by atoms with Crippen LogP contribution in [0.1, 0.15) is 18.9 Å². The Labute approximate surface area is 83.9 Å². The molecule has 0 aliphatic heterocycles. The average molecular weight is 194 g/mol. The molecule has 1 atom stereocenters. The third-order valence-corrected chi connectivity index (χ3v) is 1.94. The Morgan fingerprint density at radius 2 is 2.29 bits per heavy atom. The highest BCUT2D eigenvalue weighted by molar-refractivity contribution is 5.17. The van der Waals surface area contributed by atoms with Gasteiger partial charge >= 0.3 is 0 Å². The smallest absolute Gasteiger partial charge is 0.123 e. The van der Waals surface area contributed by atoms with Gasteiger partial charge in [-0.25, -0.2) is 4.39 Å². The van der Waals surface area contributed by atoms with Gasteiger partial charge in [-0.05, 0) is 37.5 Å². The van der Waals surface area contributed by atoms with Crippen LogP contribution in [0, 0.1) is 5.82 Å². The monoisotopic (exact) mass is 194 g/mol. The lowest BCUT2D eigenvalue weighted by atomic mass is 10.0. The van der Waals surface area contributed by atoms with E-state index in [0.717, 1.165) is 11.1 Å². The molecule has 1 nitrogen and oxygen atoms in total. The minimum Gasteiger partial charge on any atom is -0.392 e. The van der Waals surface area contributed by atoms with Crippen molar-refractivity contribution in [2.45, 2.75) is 25.9 Å². The summed E-state index contributed by atoms with van der Waals surface area (Å²) >= 11 is 0. The van der Waals surface area contributed by atoms with Gasteiger partial charge in [0, 0.05) is 0 Å². The molecule has 2 heteroatoms. The van der Waals surface area contributed by atoms with E-state index in [1.54, 1.807) is 6.07 Å². The van der Waals surface area contributed by atoms with E-state index in [9.17, 15) is 9.50 Å². The van der Waals surface area contributed by atoms with Crippen LogP contribution in [0.2, 0.25) is 0 Å². The first-order valence-corrected chi connectivity index (χ1v) is 4.65.